The van der Waals surface area contributed by atoms with E-state index in [1.165, 1.54) is 16.5 Å². The van der Waals surface area contributed by atoms with Crippen LogP contribution in [0, 0.1) is 5.75 Å². The summed E-state index contributed by atoms with van der Waals surface area (Å²) in [5.74, 6) is 1.97. The van der Waals surface area contributed by atoms with Crippen LogP contribution < -0.4 is 0 Å². The second-order valence-electron chi connectivity index (χ2n) is 1.95. The molecular formula is C8H8ClS. The summed E-state index contributed by atoms with van der Waals surface area (Å²) in [4.78, 5) is 0. The van der Waals surface area contributed by atoms with Crippen LogP contribution in [0.25, 0.3) is 0 Å². The molecule has 1 rings (SSSR count). The van der Waals surface area contributed by atoms with Crippen molar-refractivity contribution in [2.45, 2.75) is 6.42 Å². The predicted octanol–water partition coefficient (Wildman–Crippen LogP) is 3.28. The molecule has 53 valence electrons. The van der Waals surface area contributed by atoms with E-state index in [-0.39, 0.29) is 0 Å². The van der Waals surface area contributed by atoms with Crippen molar-refractivity contribution in [2.75, 3.05) is 0 Å². The average molecular weight is 172 g/mol. The van der Waals surface area contributed by atoms with Crippen LogP contribution in [0.4, 0.5) is 0 Å². The minimum absolute atomic E-state index is 0.939. The first-order valence-electron chi connectivity index (χ1n) is 3.06. The van der Waals surface area contributed by atoms with Crippen LogP contribution in [0.15, 0.2) is 30.3 Å². The third kappa shape index (κ3) is 2.63. The molecule has 0 aromatic heterocycles. The SMILES string of the molecule is ClS[CH]Cc1ccccc1. The first-order valence-corrected chi connectivity index (χ1v) is 4.77. The van der Waals surface area contributed by atoms with Gasteiger partial charge >= 0.3 is 0 Å². The standard InChI is InChI=1S/C8H8ClS/c9-10-7-6-8-4-2-1-3-5-8/h1-5,7H,6H2. The average Bonchev–Trinajstić information content (AvgIpc) is 2.03. The summed E-state index contributed by atoms with van der Waals surface area (Å²) < 4.78 is 0. The first-order chi connectivity index (χ1) is 4.93. The zero-order valence-corrected chi connectivity index (χ0v) is 7.03. The molecule has 0 aliphatic carbocycles. The Morgan fingerprint density at radius 1 is 1.30 bits per heavy atom. The number of benzene rings is 1. The molecule has 1 aromatic carbocycles. The van der Waals surface area contributed by atoms with Crippen molar-refractivity contribution in [3.05, 3.63) is 41.6 Å². The molecule has 2 heteroatoms. The van der Waals surface area contributed by atoms with Crippen molar-refractivity contribution < 1.29 is 0 Å². The van der Waals surface area contributed by atoms with Gasteiger partial charge in [-0.15, -0.1) is 0 Å². The second-order valence-corrected chi connectivity index (χ2v) is 2.99. The van der Waals surface area contributed by atoms with Crippen molar-refractivity contribution in [3.8, 4) is 0 Å². The summed E-state index contributed by atoms with van der Waals surface area (Å²) >= 11 is 0. The Morgan fingerprint density at radius 2 is 2.00 bits per heavy atom. The lowest BCUT2D eigenvalue weighted by Crippen LogP contribution is -1.79. The van der Waals surface area contributed by atoms with Gasteiger partial charge in [0.25, 0.3) is 0 Å². The molecule has 0 nitrogen and oxygen atoms in total. The lowest BCUT2D eigenvalue weighted by atomic mass is 10.2. The van der Waals surface area contributed by atoms with Gasteiger partial charge in [-0.3, -0.25) is 0 Å². The highest BCUT2D eigenvalue weighted by molar-refractivity contribution is 8.22. The van der Waals surface area contributed by atoms with Crippen molar-refractivity contribution in [3.63, 3.8) is 0 Å². The number of rotatable bonds is 3. The third-order valence-electron chi connectivity index (χ3n) is 1.22. The van der Waals surface area contributed by atoms with Crippen LogP contribution >= 0.6 is 21.7 Å². The molecule has 0 saturated carbocycles. The zero-order chi connectivity index (χ0) is 7.23. The normalized spacial score (nSPS) is 9.70. The van der Waals surface area contributed by atoms with Crippen LogP contribution in [0.3, 0.4) is 0 Å². The summed E-state index contributed by atoms with van der Waals surface area (Å²) in [7, 11) is 6.66. The molecule has 0 bridgehead atoms. The smallest absolute Gasteiger partial charge is 0.0373 e. The van der Waals surface area contributed by atoms with Crippen LogP contribution in [0.5, 0.6) is 0 Å². The predicted molar refractivity (Wildman–Crippen MR) is 47.9 cm³/mol. The van der Waals surface area contributed by atoms with Gasteiger partial charge in [0.2, 0.25) is 0 Å². The summed E-state index contributed by atoms with van der Waals surface area (Å²) in [6, 6.07) is 10.2. The van der Waals surface area contributed by atoms with Gasteiger partial charge in [-0.25, -0.2) is 0 Å². The fraction of sp³-hybridized carbons (Fsp3) is 0.125. The van der Waals surface area contributed by atoms with Crippen LogP contribution in [0.2, 0.25) is 0 Å². The van der Waals surface area contributed by atoms with E-state index in [1.807, 2.05) is 24.0 Å². The van der Waals surface area contributed by atoms with Gasteiger partial charge in [0, 0.05) is 5.75 Å². The summed E-state index contributed by atoms with van der Waals surface area (Å²) in [6.07, 6.45) is 0.939. The fourth-order valence-electron chi connectivity index (χ4n) is 0.742. The molecular weight excluding hydrogens is 164 g/mol. The van der Waals surface area contributed by atoms with E-state index < -0.39 is 0 Å². The van der Waals surface area contributed by atoms with Gasteiger partial charge in [-0.05, 0) is 22.7 Å². The minimum Gasteiger partial charge on any atom is -0.0622 e. The Kier molecular flexibility index (Phi) is 3.69. The highest BCUT2D eigenvalue weighted by Gasteiger charge is 1.89. The Bertz CT molecular complexity index is 174. The lowest BCUT2D eigenvalue weighted by Gasteiger charge is -1.94. The molecule has 0 saturated heterocycles. The molecule has 0 heterocycles. The van der Waals surface area contributed by atoms with E-state index in [1.54, 1.807) is 0 Å². The van der Waals surface area contributed by atoms with Crippen LogP contribution in [-0.4, -0.2) is 0 Å². The molecule has 0 spiro atoms. The highest BCUT2D eigenvalue weighted by atomic mass is 35.7. The molecule has 0 unspecified atom stereocenters. The maximum atomic E-state index is 5.41. The molecule has 0 aliphatic heterocycles. The van der Waals surface area contributed by atoms with Crippen molar-refractivity contribution >= 4 is 21.7 Å². The summed E-state index contributed by atoms with van der Waals surface area (Å²) in [5.41, 5.74) is 1.30. The van der Waals surface area contributed by atoms with Crippen molar-refractivity contribution in [1.82, 2.24) is 0 Å². The van der Waals surface area contributed by atoms with E-state index >= 15 is 0 Å². The zero-order valence-electron chi connectivity index (χ0n) is 5.46. The number of hydrogen-bond acceptors (Lipinski definition) is 1. The molecule has 0 N–H and O–H groups in total. The quantitative estimate of drug-likeness (QED) is 0.673. The molecule has 0 atom stereocenters. The Balaban J connectivity index is 2.43. The van der Waals surface area contributed by atoms with Crippen LogP contribution in [0.1, 0.15) is 5.56 Å². The van der Waals surface area contributed by atoms with Gasteiger partial charge in [0.1, 0.15) is 0 Å². The van der Waals surface area contributed by atoms with E-state index in [4.69, 9.17) is 10.7 Å². The van der Waals surface area contributed by atoms with Gasteiger partial charge in [0.05, 0.1) is 0 Å². The molecule has 0 fully saturated rings. The second kappa shape index (κ2) is 4.64. The van der Waals surface area contributed by atoms with E-state index in [0.29, 0.717) is 0 Å². The maximum absolute atomic E-state index is 5.41. The largest absolute Gasteiger partial charge is 0.0622 e. The molecule has 1 aromatic rings. The van der Waals surface area contributed by atoms with Gasteiger partial charge in [0.15, 0.2) is 0 Å². The summed E-state index contributed by atoms with van der Waals surface area (Å²) in [5, 5.41) is 0. The topological polar surface area (TPSA) is 0 Å². The molecule has 10 heavy (non-hydrogen) atoms. The van der Waals surface area contributed by atoms with Gasteiger partial charge in [-0.2, -0.15) is 0 Å². The van der Waals surface area contributed by atoms with E-state index in [2.05, 4.69) is 12.1 Å². The van der Waals surface area contributed by atoms with Crippen LogP contribution in [-0.2, 0) is 6.42 Å². The Labute approximate surface area is 70.1 Å². The maximum Gasteiger partial charge on any atom is 0.0373 e. The highest BCUT2D eigenvalue weighted by Crippen LogP contribution is 2.14. The molecule has 0 amide bonds. The van der Waals surface area contributed by atoms with Gasteiger partial charge in [-0.1, -0.05) is 41.3 Å². The summed E-state index contributed by atoms with van der Waals surface area (Å²) in [6.45, 7) is 0. The number of hydrogen-bond donors (Lipinski definition) is 0. The number of halogens is 1. The first kappa shape index (κ1) is 7.96. The Hall–Kier alpha value is -0.140. The monoisotopic (exact) mass is 171 g/mol. The van der Waals surface area contributed by atoms with E-state index in [9.17, 15) is 0 Å². The lowest BCUT2D eigenvalue weighted by molar-refractivity contribution is 1.25. The third-order valence-corrected chi connectivity index (χ3v) is 1.90. The minimum atomic E-state index is 0.939. The van der Waals surface area contributed by atoms with E-state index in [0.717, 1.165) is 6.42 Å². The van der Waals surface area contributed by atoms with Gasteiger partial charge < -0.3 is 0 Å². The Morgan fingerprint density at radius 3 is 2.60 bits per heavy atom. The van der Waals surface area contributed by atoms with Crippen molar-refractivity contribution in [1.29, 1.82) is 0 Å². The fourth-order valence-corrected chi connectivity index (χ4v) is 1.19. The molecule has 1 radical (unpaired) electrons. The molecule has 0 aliphatic rings. The van der Waals surface area contributed by atoms with Crippen molar-refractivity contribution in [2.24, 2.45) is 0 Å².